The normalized spacial score (nSPS) is 21.4. The second kappa shape index (κ2) is 16.4. The van der Waals surface area contributed by atoms with E-state index < -0.39 is 18.2 Å². The largest absolute Gasteiger partial charge is 0.493 e. The third-order valence-electron chi connectivity index (χ3n) is 10.9. The molecule has 0 radical (unpaired) electrons. The summed E-state index contributed by atoms with van der Waals surface area (Å²) in [5, 5.41) is 22.1. The van der Waals surface area contributed by atoms with Gasteiger partial charge >= 0.3 is 5.97 Å². The highest BCUT2D eigenvalue weighted by Gasteiger charge is 2.41. The van der Waals surface area contributed by atoms with E-state index in [0.29, 0.717) is 72.0 Å². The van der Waals surface area contributed by atoms with Crippen LogP contribution >= 0.6 is 0 Å². The Kier molecular flexibility index (Phi) is 11.4. The average molecular weight is 769 g/mol. The highest BCUT2D eigenvalue weighted by atomic mass is 16.6. The van der Waals surface area contributed by atoms with Gasteiger partial charge in [-0.05, 0) is 90.0 Å². The van der Waals surface area contributed by atoms with Crippen molar-refractivity contribution in [3.63, 3.8) is 0 Å². The topological polar surface area (TPSA) is 154 Å². The third kappa shape index (κ3) is 8.11. The van der Waals surface area contributed by atoms with Crippen LogP contribution in [0, 0.1) is 6.92 Å². The molecular formula is C43H48N2O11. The number of aryl methyl sites for hydroxylation is 1. The molecule has 0 saturated carbocycles. The number of hydrogen-bond acceptors (Lipinski definition) is 11. The quantitative estimate of drug-likeness (QED) is 0.147. The Bertz CT molecular complexity index is 2060. The van der Waals surface area contributed by atoms with E-state index >= 15 is 0 Å². The number of aliphatic hydroxyl groups excluding tert-OH is 2. The molecule has 2 N–H and O–H groups in total. The fourth-order valence-corrected chi connectivity index (χ4v) is 8.05. The van der Waals surface area contributed by atoms with Gasteiger partial charge in [0, 0.05) is 37.1 Å². The zero-order chi connectivity index (χ0) is 39.7. The summed E-state index contributed by atoms with van der Waals surface area (Å²) >= 11 is 0. The molecule has 56 heavy (non-hydrogen) atoms. The summed E-state index contributed by atoms with van der Waals surface area (Å²) < 4.78 is 34.4. The number of ether oxygens (including phenoxy) is 6. The van der Waals surface area contributed by atoms with Crippen molar-refractivity contribution in [3.8, 4) is 23.0 Å². The van der Waals surface area contributed by atoms with E-state index in [2.05, 4.69) is 17.9 Å². The molecule has 4 atom stereocenters. The van der Waals surface area contributed by atoms with Crippen molar-refractivity contribution in [2.24, 2.45) is 0 Å². The molecule has 4 aliphatic heterocycles. The number of hydrogen-bond donors (Lipinski definition) is 2. The first-order chi connectivity index (χ1) is 26.9. The van der Waals surface area contributed by atoms with Crippen molar-refractivity contribution < 1.29 is 53.0 Å². The van der Waals surface area contributed by atoms with E-state index in [0.717, 1.165) is 33.4 Å². The van der Waals surface area contributed by atoms with Gasteiger partial charge in [0.15, 0.2) is 11.5 Å². The van der Waals surface area contributed by atoms with Crippen LogP contribution in [0.1, 0.15) is 61.4 Å². The SMILES string of the molecule is C=C1CC2C(O)Cc3cc(OCc4cc(COc5cc6c(cc5C)C(=O)N5CC(=C)C[C@H]5C(O)C6)cc(OCCOCC(=O)OC)c4)c(OC)cc3C(=O)N2C1. The summed E-state index contributed by atoms with van der Waals surface area (Å²) in [6, 6.07) is 12.1. The van der Waals surface area contributed by atoms with Gasteiger partial charge in [0.05, 0.1) is 45.1 Å². The lowest BCUT2D eigenvalue weighted by Crippen LogP contribution is -2.41. The van der Waals surface area contributed by atoms with Crippen LogP contribution in [0.3, 0.4) is 0 Å². The molecule has 7 rings (SSSR count). The Morgan fingerprint density at radius 1 is 0.714 bits per heavy atom. The van der Waals surface area contributed by atoms with Crippen molar-refractivity contribution in [3.05, 3.63) is 106 Å². The van der Waals surface area contributed by atoms with E-state index in [-0.39, 0.29) is 63.4 Å². The molecular weight excluding hydrogens is 720 g/mol. The summed E-state index contributed by atoms with van der Waals surface area (Å²) in [5.74, 6) is 1.14. The first-order valence-corrected chi connectivity index (χ1v) is 18.7. The van der Waals surface area contributed by atoms with Crippen molar-refractivity contribution in [1.29, 1.82) is 0 Å². The molecule has 0 spiro atoms. The Balaban J connectivity index is 1.10. The summed E-state index contributed by atoms with van der Waals surface area (Å²) in [5.41, 5.74) is 6.59. The monoisotopic (exact) mass is 768 g/mol. The minimum atomic E-state index is -0.750. The lowest BCUT2D eigenvalue weighted by molar-refractivity contribution is -0.146. The van der Waals surface area contributed by atoms with Gasteiger partial charge in [-0.3, -0.25) is 9.59 Å². The fraction of sp³-hybridized carbons (Fsp3) is 0.419. The van der Waals surface area contributed by atoms with Gasteiger partial charge in [-0.25, -0.2) is 4.79 Å². The Hall–Kier alpha value is -5.37. The standard InChI is InChI=1S/C43H48N2O11/c1-24-8-34-36(46)14-29-16-38(26(3)10-32(29)42(49)44(34)19-24)55-21-27-11-28(13-31(12-27)54-7-6-53-23-41(48)52-5)22-56-40-17-30-15-37(47)35-9-25(2)20-45(35)43(50)33(30)18-39(40)51-4/h10-13,16-18,34-37,46-47H,1-2,6-9,14-15,19-23H2,3-5H3/t34-,35?,36?,37?/m0/s1. The number of aliphatic hydroxyl groups is 2. The van der Waals surface area contributed by atoms with Gasteiger partial charge in [0.25, 0.3) is 11.8 Å². The van der Waals surface area contributed by atoms with Crippen LogP contribution in [0.5, 0.6) is 23.0 Å². The Morgan fingerprint density at radius 3 is 1.84 bits per heavy atom. The second-order valence-electron chi connectivity index (χ2n) is 14.9. The van der Waals surface area contributed by atoms with Gasteiger partial charge in [-0.2, -0.15) is 0 Å². The minimum absolute atomic E-state index is 0.102. The summed E-state index contributed by atoms with van der Waals surface area (Å²) in [6.07, 6.45) is 0.285. The van der Waals surface area contributed by atoms with E-state index in [1.165, 1.54) is 14.2 Å². The molecule has 3 aromatic rings. The van der Waals surface area contributed by atoms with Crippen molar-refractivity contribution in [2.75, 3.05) is 47.1 Å². The number of benzene rings is 3. The second-order valence-corrected chi connectivity index (χ2v) is 14.9. The van der Waals surface area contributed by atoms with Crippen molar-refractivity contribution in [2.45, 2.75) is 70.1 Å². The summed E-state index contributed by atoms with van der Waals surface area (Å²) in [7, 11) is 2.80. The lowest BCUT2D eigenvalue weighted by atomic mass is 9.97. The molecule has 2 saturated heterocycles. The van der Waals surface area contributed by atoms with Gasteiger partial charge in [0.1, 0.15) is 37.9 Å². The molecule has 2 amide bonds. The maximum atomic E-state index is 13.6. The van der Waals surface area contributed by atoms with Crippen LogP contribution < -0.4 is 18.9 Å². The zero-order valence-electron chi connectivity index (χ0n) is 32.0. The zero-order valence-corrected chi connectivity index (χ0v) is 32.0. The molecule has 0 bridgehead atoms. The molecule has 0 aromatic heterocycles. The smallest absolute Gasteiger partial charge is 0.331 e. The third-order valence-corrected chi connectivity index (χ3v) is 10.9. The number of nitrogens with zero attached hydrogens (tertiary/aromatic N) is 2. The van der Waals surface area contributed by atoms with Crippen LogP contribution in [0.2, 0.25) is 0 Å². The van der Waals surface area contributed by atoms with Crippen molar-refractivity contribution in [1.82, 2.24) is 9.80 Å². The number of esters is 1. The first kappa shape index (κ1) is 38.9. The van der Waals surface area contributed by atoms with E-state index in [4.69, 9.17) is 23.7 Å². The number of fused-ring (bicyclic) bond motifs is 4. The van der Waals surface area contributed by atoms with Gasteiger partial charge in [0.2, 0.25) is 0 Å². The predicted octanol–water partition coefficient (Wildman–Crippen LogP) is 4.11. The number of carbonyl (C=O) groups excluding carboxylic acids is 3. The number of methoxy groups -OCH3 is 2. The Labute approximate surface area is 326 Å². The molecule has 3 aromatic carbocycles. The van der Waals surface area contributed by atoms with Crippen LogP contribution in [0.4, 0.5) is 0 Å². The van der Waals surface area contributed by atoms with E-state index in [9.17, 15) is 24.6 Å². The van der Waals surface area contributed by atoms with Crippen molar-refractivity contribution >= 4 is 17.8 Å². The molecule has 4 heterocycles. The van der Waals surface area contributed by atoms with Gasteiger partial charge < -0.3 is 48.4 Å². The number of carbonyl (C=O) groups is 3. The first-order valence-electron chi connectivity index (χ1n) is 18.7. The highest BCUT2D eigenvalue weighted by molar-refractivity contribution is 5.98. The fourth-order valence-electron chi connectivity index (χ4n) is 8.05. The average Bonchev–Trinajstić information content (AvgIpc) is 3.74. The molecule has 3 unspecified atom stereocenters. The van der Waals surface area contributed by atoms with Crippen LogP contribution in [0.15, 0.2) is 66.8 Å². The molecule has 13 heteroatoms. The number of amides is 2. The summed E-state index contributed by atoms with van der Waals surface area (Å²) in [6.45, 7) is 11.2. The molecule has 4 aliphatic rings. The summed E-state index contributed by atoms with van der Waals surface area (Å²) in [4.78, 5) is 41.9. The minimum Gasteiger partial charge on any atom is -0.493 e. The van der Waals surface area contributed by atoms with E-state index in [1.54, 1.807) is 21.9 Å². The Morgan fingerprint density at radius 2 is 1.27 bits per heavy atom. The predicted molar refractivity (Wildman–Crippen MR) is 204 cm³/mol. The number of rotatable bonds is 13. The van der Waals surface area contributed by atoms with Gasteiger partial charge in [-0.1, -0.05) is 24.3 Å². The molecule has 296 valence electrons. The van der Waals surface area contributed by atoms with Crippen LogP contribution in [0.25, 0.3) is 0 Å². The maximum Gasteiger partial charge on any atom is 0.331 e. The molecule has 2 fully saturated rings. The highest BCUT2D eigenvalue weighted by Crippen LogP contribution is 2.38. The van der Waals surface area contributed by atoms with E-state index in [1.807, 2.05) is 37.3 Å². The van der Waals surface area contributed by atoms with Crippen LogP contribution in [-0.2, 0) is 40.3 Å². The molecule has 0 aliphatic carbocycles. The van der Waals surface area contributed by atoms with Crippen LogP contribution in [-0.4, -0.2) is 109 Å². The maximum absolute atomic E-state index is 13.6. The molecule has 13 nitrogen and oxygen atoms in total. The lowest BCUT2D eigenvalue weighted by Gasteiger charge is -2.24. The van der Waals surface area contributed by atoms with Gasteiger partial charge in [-0.15, -0.1) is 0 Å².